The maximum Gasteiger partial charge on any atom is 0.167 e. The molecule has 6 heteroatoms. The van der Waals surface area contributed by atoms with Crippen LogP contribution in [-0.2, 0) is 9.47 Å². The number of piperidine rings is 1. The number of likely N-dealkylation sites (tertiary alicyclic amines) is 3. The van der Waals surface area contributed by atoms with Gasteiger partial charge in [0, 0.05) is 26.1 Å². The average molecular weight is 370 g/mol. The fraction of sp³-hybridized carbons (Fsp3) is 1.00. The third-order valence-electron chi connectivity index (χ3n) is 6.12. The fourth-order valence-corrected chi connectivity index (χ4v) is 4.51. The summed E-state index contributed by atoms with van der Waals surface area (Å²) in [6.07, 6.45) is 8.95. The Morgan fingerprint density at radius 3 is 2.38 bits per heavy atom. The second kappa shape index (κ2) is 10.9. The van der Waals surface area contributed by atoms with Crippen LogP contribution in [0.2, 0.25) is 0 Å². The number of hydrogen-bond acceptors (Lipinski definition) is 6. The number of rotatable bonds is 8. The van der Waals surface area contributed by atoms with Gasteiger partial charge in [0.05, 0.1) is 12.7 Å². The smallest absolute Gasteiger partial charge is 0.167 e. The molecule has 0 aliphatic carbocycles. The summed E-state index contributed by atoms with van der Waals surface area (Å²) < 4.78 is 12.2. The van der Waals surface area contributed by atoms with Crippen molar-refractivity contribution < 1.29 is 14.6 Å². The van der Waals surface area contributed by atoms with Gasteiger partial charge in [0.2, 0.25) is 0 Å². The van der Waals surface area contributed by atoms with E-state index in [1.165, 1.54) is 45.2 Å². The lowest BCUT2D eigenvalue weighted by molar-refractivity contribution is -0.163. The number of β-amino-alcohol motifs (C(OH)–C–C–N with tert-alkyl or cyclic N) is 1. The monoisotopic (exact) mass is 369 g/mol. The second-order valence-corrected chi connectivity index (χ2v) is 8.31. The van der Waals surface area contributed by atoms with Crippen LogP contribution in [0.15, 0.2) is 0 Å². The molecule has 3 rings (SSSR count). The predicted octanol–water partition coefficient (Wildman–Crippen LogP) is 1.73. The van der Waals surface area contributed by atoms with E-state index in [0.717, 1.165) is 52.0 Å². The molecule has 0 saturated carbocycles. The number of ether oxygens (including phenoxy) is 2. The molecule has 3 aliphatic rings. The second-order valence-electron chi connectivity index (χ2n) is 8.31. The SMILES string of the molecule is CN1CCCC(OC(O)CN2CCCCC2)CC1OCCN1CCCC1. The molecule has 1 N–H and O–H groups in total. The molecular weight excluding hydrogens is 330 g/mol. The number of aliphatic hydroxyl groups is 1. The van der Waals surface area contributed by atoms with Crippen molar-refractivity contribution in [2.24, 2.45) is 0 Å². The lowest BCUT2D eigenvalue weighted by atomic mass is 10.1. The molecular formula is C20H39N3O3. The van der Waals surface area contributed by atoms with Crippen LogP contribution in [0.1, 0.15) is 51.4 Å². The zero-order valence-corrected chi connectivity index (χ0v) is 16.7. The van der Waals surface area contributed by atoms with Gasteiger partial charge in [-0.2, -0.15) is 0 Å². The zero-order valence-electron chi connectivity index (χ0n) is 16.7. The molecule has 6 nitrogen and oxygen atoms in total. The van der Waals surface area contributed by atoms with Crippen molar-refractivity contribution in [2.45, 2.75) is 70.0 Å². The summed E-state index contributed by atoms with van der Waals surface area (Å²) in [4.78, 5) is 7.14. The minimum atomic E-state index is -0.674. The summed E-state index contributed by atoms with van der Waals surface area (Å²) in [6.45, 7) is 8.14. The highest BCUT2D eigenvalue weighted by molar-refractivity contribution is 4.75. The molecule has 0 spiro atoms. The molecule has 152 valence electrons. The zero-order chi connectivity index (χ0) is 18.2. The van der Waals surface area contributed by atoms with Crippen molar-refractivity contribution >= 4 is 0 Å². The molecule has 0 amide bonds. The highest BCUT2D eigenvalue weighted by Crippen LogP contribution is 2.21. The van der Waals surface area contributed by atoms with Gasteiger partial charge >= 0.3 is 0 Å². The summed E-state index contributed by atoms with van der Waals surface area (Å²) in [5.74, 6) is 0. The van der Waals surface area contributed by atoms with Crippen molar-refractivity contribution in [3.05, 3.63) is 0 Å². The highest BCUT2D eigenvalue weighted by atomic mass is 16.6. The first-order valence-electron chi connectivity index (χ1n) is 10.8. The average Bonchev–Trinajstić information content (AvgIpc) is 3.08. The number of hydrogen-bond donors (Lipinski definition) is 1. The molecule has 0 bridgehead atoms. The summed E-state index contributed by atoms with van der Waals surface area (Å²) in [5, 5.41) is 10.4. The third kappa shape index (κ3) is 6.73. The van der Waals surface area contributed by atoms with Crippen molar-refractivity contribution in [3.8, 4) is 0 Å². The summed E-state index contributed by atoms with van der Waals surface area (Å²) >= 11 is 0. The first kappa shape index (κ1) is 20.5. The minimum absolute atomic E-state index is 0.0940. The molecule has 3 heterocycles. The molecule has 0 radical (unpaired) electrons. The quantitative estimate of drug-likeness (QED) is 0.658. The molecule has 0 aromatic heterocycles. The van der Waals surface area contributed by atoms with Crippen LogP contribution in [-0.4, -0.2) is 97.9 Å². The molecule has 0 aromatic carbocycles. The molecule has 3 aliphatic heterocycles. The Balaban J connectivity index is 1.40. The lowest BCUT2D eigenvalue weighted by Crippen LogP contribution is -2.40. The third-order valence-corrected chi connectivity index (χ3v) is 6.12. The Kier molecular flexibility index (Phi) is 8.62. The molecule has 0 aromatic rings. The van der Waals surface area contributed by atoms with E-state index in [0.29, 0.717) is 6.54 Å². The van der Waals surface area contributed by atoms with Crippen LogP contribution in [0.25, 0.3) is 0 Å². The first-order valence-corrected chi connectivity index (χ1v) is 10.8. The summed E-state index contributed by atoms with van der Waals surface area (Å²) in [6, 6.07) is 0. The van der Waals surface area contributed by atoms with Crippen LogP contribution in [0.3, 0.4) is 0 Å². The summed E-state index contributed by atoms with van der Waals surface area (Å²) in [5.41, 5.74) is 0. The van der Waals surface area contributed by atoms with E-state index in [2.05, 4.69) is 21.7 Å². The van der Waals surface area contributed by atoms with Crippen LogP contribution < -0.4 is 0 Å². The van der Waals surface area contributed by atoms with Crippen LogP contribution in [0.4, 0.5) is 0 Å². The van der Waals surface area contributed by atoms with Crippen molar-refractivity contribution in [3.63, 3.8) is 0 Å². The number of aliphatic hydroxyl groups excluding tert-OH is 1. The largest absolute Gasteiger partial charge is 0.367 e. The van der Waals surface area contributed by atoms with Gasteiger partial charge in [0.15, 0.2) is 6.29 Å². The van der Waals surface area contributed by atoms with E-state index in [4.69, 9.17) is 9.47 Å². The van der Waals surface area contributed by atoms with Crippen molar-refractivity contribution in [1.82, 2.24) is 14.7 Å². The molecule has 3 saturated heterocycles. The van der Waals surface area contributed by atoms with Gasteiger partial charge in [0.1, 0.15) is 6.23 Å². The van der Waals surface area contributed by atoms with Gasteiger partial charge in [-0.3, -0.25) is 9.80 Å². The fourth-order valence-electron chi connectivity index (χ4n) is 4.51. The Labute approximate surface area is 159 Å². The van der Waals surface area contributed by atoms with Gasteiger partial charge in [-0.05, 0) is 71.8 Å². The Hall–Kier alpha value is -0.240. The number of nitrogens with zero attached hydrogens (tertiary/aromatic N) is 3. The molecule has 26 heavy (non-hydrogen) atoms. The van der Waals surface area contributed by atoms with Crippen LogP contribution in [0, 0.1) is 0 Å². The van der Waals surface area contributed by atoms with E-state index in [9.17, 15) is 5.11 Å². The van der Waals surface area contributed by atoms with Gasteiger partial charge < -0.3 is 19.5 Å². The van der Waals surface area contributed by atoms with E-state index < -0.39 is 6.29 Å². The maximum absolute atomic E-state index is 10.4. The first-order chi connectivity index (χ1) is 12.7. The van der Waals surface area contributed by atoms with Gasteiger partial charge in [0.25, 0.3) is 0 Å². The van der Waals surface area contributed by atoms with Crippen molar-refractivity contribution in [2.75, 3.05) is 59.5 Å². The van der Waals surface area contributed by atoms with E-state index in [1.54, 1.807) is 0 Å². The Bertz CT molecular complexity index is 386. The van der Waals surface area contributed by atoms with Gasteiger partial charge in [-0.1, -0.05) is 6.42 Å². The van der Waals surface area contributed by atoms with Crippen molar-refractivity contribution in [1.29, 1.82) is 0 Å². The van der Waals surface area contributed by atoms with Gasteiger partial charge in [-0.15, -0.1) is 0 Å². The van der Waals surface area contributed by atoms with Crippen LogP contribution in [0.5, 0.6) is 0 Å². The summed E-state index contributed by atoms with van der Waals surface area (Å²) in [7, 11) is 2.15. The molecule has 3 unspecified atom stereocenters. The minimum Gasteiger partial charge on any atom is -0.367 e. The lowest BCUT2D eigenvalue weighted by Gasteiger charge is -2.31. The van der Waals surface area contributed by atoms with E-state index in [1.807, 2.05) is 0 Å². The van der Waals surface area contributed by atoms with Crippen LogP contribution >= 0.6 is 0 Å². The molecule has 3 atom stereocenters. The van der Waals surface area contributed by atoms with E-state index in [-0.39, 0.29) is 12.3 Å². The standard InChI is InChI=1S/C20H39N3O3/c1-21-9-7-8-18(26-20(24)17-23-12-3-2-4-13-23)16-19(21)25-15-14-22-10-5-6-11-22/h18-20,24H,2-17H2,1H3. The topological polar surface area (TPSA) is 48.4 Å². The van der Waals surface area contributed by atoms with Gasteiger partial charge in [-0.25, -0.2) is 0 Å². The highest BCUT2D eigenvalue weighted by Gasteiger charge is 2.27. The predicted molar refractivity (Wildman–Crippen MR) is 103 cm³/mol. The van der Waals surface area contributed by atoms with E-state index >= 15 is 0 Å². The normalized spacial score (nSPS) is 31.2. The molecule has 3 fully saturated rings. The Morgan fingerprint density at radius 2 is 1.62 bits per heavy atom. The maximum atomic E-state index is 10.4. The Morgan fingerprint density at radius 1 is 0.923 bits per heavy atom.